The molecule has 1 saturated carbocycles. The molecule has 0 amide bonds. The lowest BCUT2D eigenvalue weighted by molar-refractivity contribution is 0.252. The first kappa shape index (κ1) is 12.9. The Hall–Kier alpha value is -0.590. The molecule has 5 nitrogen and oxygen atoms in total. The van der Waals surface area contributed by atoms with Crippen molar-refractivity contribution in [2.75, 3.05) is 5.88 Å². The van der Waals surface area contributed by atoms with Gasteiger partial charge in [-0.15, -0.1) is 11.6 Å². The maximum Gasteiger partial charge on any atom is 0.260 e. The van der Waals surface area contributed by atoms with Gasteiger partial charge in [0.05, 0.1) is 6.33 Å². The van der Waals surface area contributed by atoms with Crippen molar-refractivity contribution in [2.24, 2.45) is 0 Å². The maximum absolute atomic E-state index is 12.1. The van der Waals surface area contributed by atoms with Crippen LogP contribution in [-0.4, -0.2) is 29.4 Å². The largest absolute Gasteiger partial charge is 0.336 e. The van der Waals surface area contributed by atoms with E-state index in [0.717, 1.165) is 19.3 Å². The van der Waals surface area contributed by atoms with Gasteiger partial charge in [0.25, 0.3) is 10.0 Å². The number of imidazole rings is 1. The van der Waals surface area contributed by atoms with Gasteiger partial charge in [-0.05, 0) is 26.2 Å². The summed E-state index contributed by atoms with van der Waals surface area (Å²) in [7, 11) is -3.55. The monoisotopic (exact) mass is 277 g/mol. The summed E-state index contributed by atoms with van der Waals surface area (Å²) in [4.78, 5) is 3.90. The number of hydrogen-bond acceptors (Lipinski definition) is 3. The summed E-state index contributed by atoms with van der Waals surface area (Å²) in [6, 6.07) is 0. The van der Waals surface area contributed by atoms with Crippen LogP contribution in [0.15, 0.2) is 17.6 Å². The molecule has 7 heteroatoms. The minimum Gasteiger partial charge on any atom is -0.336 e. The minimum absolute atomic E-state index is 0.0655. The fraction of sp³-hybridized carbons (Fsp3) is 0.700. The third kappa shape index (κ3) is 2.48. The van der Waals surface area contributed by atoms with Gasteiger partial charge in [-0.1, -0.05) is 0 Å². The van der Waals surface area contributed by atoms with Crippen molar-refractivity contribution >= 4 is 21.6 Å². The molecule has 17 heavy (non-hydrogen) atoms. The van der Waals surface area contributed by atoms with Crippen LogP contribution in [0.1, 0.15) is 26.2 Å². The number of halogens is 1. The lowest BCUT2D eigenvalue weighted by Crippen LogP contribution is -2.54. The lowest BCUT2D eigenvalue weighted by Gasteiger charge is -2.40. The van der Waals surface area contributed by atoms with Gasteiger partial charge in [0, 0.05) is 24.2 Å². The van der Waals surface area contributed by atoms with E-state index in [0.29, 0.717) is 12.4 Å². The highest BCUT2D eigenvalue weighted by Gasteiger charge is 2.40. The summed E-state index contributed by atoms with van der Waals surface area (Å²) in [5.74, 6) is 0.306. The second-order valence-corrected chi connectivity index (χ2v) is 6.31. The number of aryl methyl sites for hydroxylation is 1. The Balaban J connectivity index is 2.18. The van der Waals surface area contributed by atoms with Crippen molar-refractivity contribution in [1.29, 1.82) is 0 Å². The van der Waals surface area contributed by atoms with Crippen molar-refractivity contribution in [2.45, 2.75) is 43.3 Å². The Morgan fingerprint density at radius 1 is 1.59 bits per heavy atom. The summed E-state index contributed by atoms with van der Waals surface area (Å²) >= 11 is 5.83. The number of hydrogen-bond donors (Lipinski definition) is 1. The molecule has 1 aliphatic rings. The molecule has 1 aromatic rings. The Morgan fingerprint density at radius 2 is 2.29 bits per heavy atom. The summed E-state index contributed by atoms with van der Waals surface area (Å²) in [5, 5.41) is 0.0655. The first-order valence-corrected chi connectivity index (χ1v) is 7.65. The molecule has 1 N–H and O–H groups in total. The number of aromatic nitrogens is 2. The highest BCUT2D eigenvalue weighted by Crippen LogP contribution is 2.34. The van der Waals surface area contributed by atoms with Gasteiger partial charge in [0.1, 0.15) is 0 Å². The SMILES string of the molecule is CCn1cnc(S(=O)(=O)NC2(CCl)CCC2)c1. The average Bonchev–Trinajstić information content (AvgIpc) is 2.72. The smallest absolute Gasteiger partial charge is 0.260 e. The number of sulfonamides is 1. The fourth-order valence-corrected chi connectivity index (χ4v) is 3.68. The third-order valence-electron chi connectivity index (χ3n) is 3.17. The summed E-state index contributed by atoms with van der Waals surface area (Å²) in [5.41, 5.74) is -0.462. The molecule has 1 heterocycles. The van der Waals surface area contributed by atoms with Crippen molar-refractivity contribution in [3.05, 3.63) is 12.5 Å². The molecular formula is C10H16ClN3O2S. The van der Waals surface area contributed by atoms with Crippen LogP contribution in [0.5, 0.6) is 0 Å². The molecule has 0 bridgehead atoms. The molecular weight excluding hydrogens is 262 g/mol. The van der Waals surface area contributed by atoms with E-state index in [9.17, 15) is 8.42 Å². The lowest BCUT2D eigenvalue weighted by atomic mass is 9.79. The topological polar surface area (TPSA) is 64.0 Å². The summed E-state index contributed by atoms with van der Waals surface area (Å²) in [6.07, 6.45) is 5.65. The van der Waals surface area contributed by atoms with Crippen LogP contribution >= 0.6 is 11.6 Å². The predicted molar refractivity (Wildman–Crippen MR) is 65.5 cm³/mol. The van der Waals surface area contributed by atoms with Gasteiger partial charge >= 0.3 is 0 Å². The molecule has 96 valence electrons. The van der Waals surface area contributed by atoms with Crippen LogP contribution in [0.4, 0.5) is 0 Å². The van der Waals surface area contributed by atoms with E-state index >= 15 is 0 Å². The normalized spacial score (nSPS) is 18.9. The molecule has 1 aromatic heterocycles. The second kappa shape index (κ2) is 4.59. The second-order valence-electron chi connectivity index (χ2n) is 4.42. The molecule has 1 aliphatic carbocycles. The zero-order valence-corrected chi connectivity index (χ0v) is 11.3. The maximum atomic E-state index is 12.1. The molecule has 0 radical (unpaired) electrons. The zero-order chi connectivity index (χ0) is 12.5. The van der Waals surface area contributed by atoms with E-state index in [1.54, 1.807) is 4.57 Å². The van der Waals surface area contributed by atoms with E-state index in [4.69, 9.17) is 11.6 Å². The average molecular weight is 278 g/mol. The van der Waals surface area contributed by atoms with Crippen LogP contribution in [0.3, 0.4) is 0 Å². The van der Waals surface area contributed by atoms with Gasteiger partial charge < -0.3 is 4.57 Å². The number of rotatable bonds is 5. The third-order valence-corrected chi connectivity index (χ3v) is 5.14. The Bertz CT molecular complexity index is 488. The van der Waals surface area contributed by atoms with Crippen LogP contribution in [0.25, 0.3) is 0 Å². The van der Waals surface area contributed by atoms with Crippen molar-refractivity contribution in [1.82, 2.24) is 14.3 Å². The van der Waals surface area contributed by atoms with Gasteiger partial charge in [0.2, 0.25) is 0 Å². The van der Waals surface area contributed by atoms with Gasteiger partial charge in [-0.25, -0.2) is 18.1 Å². The van der Waals surface area contributed by atoms with E-state index in [1.807, 2.05) is 6.92 Å². The van der Waals surface area contributed by atoms with Crippen LogP contribution in [0.2, 0.25) is 0 Å². The van der Waals surface area contributed by atoms with E-state index < -0.39 is 15.6 Å². The van der Waals surface area contributed by atoms with Gasteiger partial charge in [-0.3, -0.25) is 0 Å². The van der Waals surface area contributed by atoms with E-state index in [2.05, 4.69) is 9.71 Å². The highest BCUT2D eigenvalue weighted by molar-refractivity contribution is 7.89. The predicted octanol–water partition coefficient (Wildman–Crippen LogP) is 1.34. The molecule has 0 aliphatic heterocycles. The highest BCUT2D eigenvalue weighted by atomic mass is 35.5. The first-order valence-electron chi connectivity index (χ1n) is 5.63. The Kier molecular flexibility index (Phi) is 3.47. The number of alkyl halides is 1. The Labute approximate surface area is 106 Å². The number of nitrogens with one attached hydrogen (secondary N) is 1. The molecule has 0 aromatic carbocycles. The Morgan fingerprint density at radius 3 is 2.71 bits per heavy atom. The number of nitrogens with zero attached hydrogens (tertiary/aromatic N) is 2. The standard InChI is InChI=1S/C10H16ClN3O2S/c1-2-14-6-9(12-8-14)17(15,16)13-10(7-11)4-3-5-10/h6,8,13H,2-5,7H2,1H3. The first-order chi connectivity index (χ1) is 8.01. The van der Waals surface area contributed by atoms with Crippen molar-refractivity contribution in [3.8, 4) is 0 Å². The molecule has 2 rings (SSSR count). The zero-order valence-electron chi connectivity index (χ0n) is 9.69. The van der Waals surface area contributed by atoms with Crippen LogP contribution in [-0.2, 0) is 16.6 Å². The van der Waals surface area contributed by atoms with Crippen LogP contribution in [0, 0.1) is 0 Å². The van der Waals surface area contributed by atoms with Crippen molar-refractivity contribution < 1.29 is 8.42 Å². The van der Waals surface area contributed by atoms with Crippen molar-refractivity contribution in [3.63, 3.8) is 0 Å². The van der Waals surface area contributed by atoms with Crippen LogP contribution < -0.4 is 4.72 Å². The molecule has 1 fully saturated rings. The van der Waals surface area contributed by atoms with Gasteiger partial charge in [0.15, 0.2) is 5.03 Å². The molecule has 0 saturated heterocycles. The molecule has 0 atom stereocenters. The summed E-state index contributed by atoms with van der Waals surface area (Å²) < 4.78 is 28.6. The fourth-order valence-electron chi connectivity index (χ4n) is 1.86. The molecule has 0 spiro atoms. The molecule has 0 unspecified atom stereocenters. The minimum atomic E-state index is -3.55. The van der Waals surface area contributed by atoms with E-state index in [-0.39, 0.29) is 5.03 Å². The summed E-state index contributed by atoms with van der Waals surface area (Å²) in [6.45, 7) is 2.63. The van der Waals surface area contributed by atoms with E-state index in [1.165, 1.54) is 12.5 Å². The van der Waals surface area contributed by atoms with Gasteiger partial charge in [-0.2, -0.15) is 0 Å². The quantitative estimate of drug-likeness (QED) is 0.826.